The van der Waals surface area contributed by atoms with Crippen molar-refractivity contribution in [3.63, 3.8) is 0 Å². The Kier molecular flexibility index (Phi) is 6.17. The van der Waals surface area contributed by atoms with Gasteiger partial charge in [0.05, 0.1) is 30.1 Å². The van der Waals surface area contributed by atoms with Gasteiger partial charge in [0, 0.05) is 43.7 Å². The van der Waals surface area contributed by atoms with E-state index in [1.807, 2.05) is 23.1 Å². The Morgan fingerprint density at radius 3 is 2.79 bits per heavy atom. The first-order valence-corrected chi connectivity index (χ1v) is 12.0. The van der Waals surface area contributed by atoms with Gasteiger partial charge in [0.25, 0.3) is 0 Å². The van der Waals surface area contributed by atoms with Crippen molar-refractivity contribution in [3.8, 4) is 11.3 Å². The molecule has 33 heavy (non-hydrogen) atoms. The smallest absolute Gasteiger partial charge is 0.113 e. The van der Waals surface area contributed by atoms with Crippen LogP contribution >= 0.6 is 0 Å². The average Bonchev–Trinajstić information content (AvgIpc) is 3.26. The number of likely N-dealkylation sites (N-methyl/N-ethyl adjacent to an activating group) is 1. The minimum atomic E-state index is 0.147. The van der Waals surface area contributed by atoms with Crippen LogP contribution in [0.3, 0.4) is 0 Å². The number of ether oxygens (including phenoxy) is 1. The molecule has 0 radical (unpaired) electrons. The van der Waals surface area contributed by atoms with Gasteiger partial charge in [-0.2, -0.15) is 0 Å². The summed E-state index contributed by atoms with van der Waals surface area (Å²) >= 11 is 0. The summed E-state index contributed by atoms with van der Waals surface area (Å²) in [6.07, 6.45) is 7.68. The Morgan fingerprint density at radius 2 is 2.06 bits per heavy atom. The lowest BCUT2D eigenvalue weighted by Gasteiger charge is -2.54. The summed E-state index contributed by atoms with van der Waals surface area (Å²) in [7, 11) is 2.20. The summed E-state index contributed by atoms with van der Waals surface area (Å²) in [6, 6.07) is 12.8. The molecule has 0 saturated carbocycles. The molecule has 2 aliphatic heterocycles. The molecule has 2 fully saturated rings. The molecule has 2 saturated heterocycles. The fourth-order valence-corrected chi connectivity index (χ4v) is 4.93. The SMILES string of the molecule is Cc1cc(N2CC(C)(N(C)Cc3ccccn3)C2)ccc1-c1cn(CC2CCCCO2)nn1. The summed E-state index contributed by atoms with van der Waals surface area (Å²) in [5.74, 6) is 0. The van der Waals surface area contributed by atoms with E-state index in [0.29, 0.717) is 0 Å². The van der Waals surface area contributed by atoms with Gasteiger partial charge in [0.1, 0.15) is 5.69 Å². The summed E-state index contributed by atoms with van der Waals surface area (Å²) in [5.41, 5.74) is 5.83. The van der Waals surface area contributed by atoms with Crippen LogP contribution < -0.4 is 4.90 Å². The molecule has 0 bridgehead atoms. The van der Waals surface area contributed by atoms with Crippen molar-refractivity contribution in [2.45, 2.75) is 57.8 Å². The number of benzene rings is 1. The summed E-state index contributed by atoms with van der Waals surface area (Å²) in [4.78, 5) is 9.34. The number of aromatic nitrogens is 4. The van der Waals surface area contributed by atoms with Crippen LogP contribution in [0.5, 0.6) is 0 Å². The van der Waals surface area contributed by atoms with Gasteiger partial charge in [0.2, 0.25) is 0 Å². The van der Waals surface area contributed by atoms with Gasteiger partial charge >= 0.3 is 0 Å². The van der Waals surface area contributed by atoms with Crippen molar-refractivity contribution < 1.29 is 4.74 Å². The van der Waals surface area contributed by atoms with E-state index in [9.17, 15) is 0 Å². The number of hydrogen-bond donors (Lipinski definition) is 0. The Balaban J connectivity index is 1.21. The van der Waals surface area contributed by atoms with E-state index in [4.69, 9.17) is 4.74 Å². The molecule has 0 amide bonds. The zero-order valence-corrected chi connectivity index (χ0v) is 19.9. The molecule has 1 atom stereocenters. The molecule has 3 aromatic rings. The minimum absolute atomic E-state index is 0.147. The molecule has 7 heteroatoms. The third-order valence-corrected chi connectivity index (χ3v) is 7.16. The third-order valence-electron chi connectivity index (χ3n) is 7.16. The summed E-state index contributed by atoms with van der Waals surface area (Å²) in [6.45, 7) is 9.02. The molecule has 174 valence electrons. The number of hydrogen-bond acceptors (Lipinski definition) is 6. The molecule has 0 spiro atoms. The lowest BCUT2D eigenvalue weighted by Crippen LogP contribution is -2.67. The standard InChI is InChI=1S/C26H34N6O/c1-20-14-22(31-18-26(2,19-31)30(3)15-21-8-4-6-12-27-21)10-11-24(20)25-17-32(29-28-25)16-23-9-5-7-13-33-23/h4,6,8,10-12,14,17,23H,5,7,9,13,15-16,18-19H2,1-3H3. The lowest BCUT2D eigenvalue weighted by atomic mass is 9.89. The third kappa shape index (κ3) is 4.80. The minimum Gasteiger partial charge on any atom is -0.376 e. The molecule has 0 N–H and O–H groups in total. The van der Waals surface area contributed by atoms with Gasteiger partial charge in [-0.1, -0.05) is 17.3 Å². The van der Waals surface area contributed by atoms with E-state index in [2.05, 4.69) is 76.3 Å². The Hall–Kier alpha value is -2.77. The van der Waals surface area contributed by atoms with E-state index in [0.717, 1.165) is 56.2 Å². The van der Waals surface area contributed by atoms with Crippen LogP contribution in [0.2, 0.25) is 0 Å². The van der Waals surface area contributed by atoms with Gasteiger partial charge in [-0.3, -0.25) is 9.88 Å². The Morgan fingerprint density at radius 1 is 1.18 bits per heavy atom. The van der Waals surface area contributed by atoms with Crippen molar-refractivity contribution in [3.05, 3.63) is 60.0 Å². The van der Waals surface area contributed by atoms with Gasteiger partial charge in [-0.15, -0.1) is 5.10 Å². The zero-order chi connectivity index (χ0) is 22.8. The van der Waals surface area contributed by atoms with Crippen LogP contribution in [-0.4, -0.2) is 63.3 Å². The number of nitrogens with zero attached hydrogens (tertiary/aromatic N) is 6. The molecule has 0 aliphatic carbocycles. The van der Waals surface area contributed by atoms with Crippen LogP contribution in [0.25, 0.3) is 11.3 Å². The fraction of sp³-hybridized carbons (Fsp3) is 0.500. The maximum atomic E-state index is 5.85. The molecular formula is C26H34N6O. The highest BCUT2D eigenvalue weighted by atomic mass is 16.5. The monoisotopic (exact) mass is 446 g/mol. The van der Waals surface area contributed by atoms with Crippen LogP contribution in [-0.2, 0) is 17.8 Å². The molecule has 1 unspecified atom stereocenters. The molecule has 2 aromatic heterocycles. The largest absolute Gasteiger partial charge is 0.376 e. The normalized spacial score (nSPS) is 20.1. The highest BCUT2D eigenvalue weighted by Gasteiger charge is 2.42. The van der Waals surface area contributed by atoms with E-state index in [-0.39, 0.29) is 11.6 Å². The Labute approximate surface area is 196 Å². The van der Waals surface area contributed by atoms with Gasteiger partial charge < -0.3 is 9.64 Å². The van der Waals surface area contributed by atoms with Gasteiger partial charge in [-0.25, -0.2) is 4.68 Å². The predicted molar refractivity (Wildman–Crippen MR) is 130 cm³/mol. The van der Waals surface area contributed by atoms with Crippen LogP contribution in [0.1, 0.15) is 37.4 Å². The lowest BCUT2D eigenvalue weighted by molar-refractivity contribution is 0.00370. The maximum absolute atomic E-state index is 5.85. The zero-order valence-electron chi connectivity index (χ0n) is 19.9. The highest BCUT2D eigenvalue weighted by Crippen LogP contribution is 2.34. The molecule has 4 heterocycles. The molecule has 7 nitrogen and oxygen atoms in total. The van der Waals surface area contributed by atoms with Crippen molar-refractivity contribution in [1.82, 2.24) is 24.9 Å². The second-order valence-electron chi connectivity index (χ2n) is 9.84. The van der Waals surface area contributed by atoms with Crippen LogP contribution in [0.15, 0.2) is 48.8 Å². The summed E-state index contributed by atoms with van der Waals surface area (Å²) in [5, 5.41) is 8.79. The Bertz CT molecular complexity index is 1070. The van der Waals surface area contributed by atoms with Crippen molar-refractivity contribution in [2.24, 2.45) is 0 Å². The number of rotatable bonds is 7. The van der Waals surface area contributed by atoms with Crippen LogP contribution in [0.4, 0.5) is 5.69 Å². The number of aryl methyl sites for hydroxylation is 1. The van der Waals surface area contributed by atoms with Crippen molar-refractivity contribution in [1.29, 1.82) is 0 Å². The van der Waals surface area contributed by atoms with E-state index in [1.54, 1.807) is 0 Å². The van der Waals surface area contributed by atoms with E-state index in [1.165, 1.54) is 24.1 Å². The van der Waals surface area contributed by atoms with Crippen LogP contribution in [0, 0.1) is 6.92 Å². The topological polar surface area (TPSA) is 59.3 Å². The molecule has 5 rings (SSSR count). The van der Waals surface area contributed by atoms with E-state index < -0.39 is 0 Å². The highest BCUT2D eigenvalue weighted by molar-refractivity contribution is 5.67. The van der Waals surface area contributed by atoms with Crippen molar-refractivity contribution in [2.75, 3.05) is 31.6 Å². The average molecular weight is 447 g/mol. The summed E-state index contributed by atoms with van der Waals surface area (Å²) < 4.78 is 7.77. The van der Waals surface area contributed by atoms with Gasteiger partial charge in [0.15, 0.2) is 0 Å². The maximum Gasteiger partial charge on any atom is 0.113 e. The quantitative estimate of drug-likeness (QED) is 0.548. The molecular weight excluding hydrogens is 412 g/mol. The van der Waals surface area contributed by atoms with E-state index >= 15 is 0 Å². The second kappa shape index (κ2) is 9.23. The molecule has 2 aliphatic rings. The predicted octanol–water partition coefficient (Wildman–Crippen LogP) is 3.93. The van der Waals surface area contributed by atoms with Crippen molar-refractivity contribution >= 4 is 5.69 Å². The number of pyridine rings is 1. The first-order chi connectivity index (χ1) is 16.0. The molecule has 1 aromatic carbocycles. The fourth-order valence-electron chi connectivity index (χ4n) is 4.93. The second-order valence-corrected chi connectivity index (χ2v) is 9.84. The number of anilines is 1. The first-order valence-electron chi connectivity index (χ1n) is 12.0. The first kappa shape index (κ1) is 22.0. The van der Waals surface area contributed by atoms with Gasteiger partial charge in [-0.05, 0) is 70.0 Å².